The molecule has 0 N–H and O–H groups in total. The molecule has 0 spiro atoms. The maximum Gasteiger partial charge on any atom is 0.316 e. The molecule has 1 saturated heterocycles. The lowest BCUT2D eigenvalue weighted by Gasteiger charge is -2.45. The quantitative estimate of drug-likeness (QED) is 0.805. The average Bonchev–Trinajstić information content (AvgIpc) is 3.15. The Kier molecular flexibility index (Phi) is 5.49. The predicted molar refractivity (Wildman–Crippen MR) is 101 cm³/mol. The van der Waals surface area contributed by atoms with Gasteiger partial charge in [0.25, 0.3) is 0 Å². The first-order valence-corrected chi connectivity index (χ1v) is 9.38. The van der Waals surface area contributed by atoms with Crippen molar-refractivity contribution in [1.29, 1.82) is 0 Å². The van der Waals surface area contributed by atoms with Gasteiger partial charge in [-0.1, -0.05) is 25.9 Å². The molecule has 1 aromatic carbocycles. The van der Waals surface area contributed by atoms with Crippen molar-refractivity contribution in [3.05, 3.63) is 36.0 Å². The van der Waals surface area contributed by atoms with E-state index in [4.69, 9.17) is 4.52 Å². The van der Waals surface area contributed by atoms with Crippen molar-refractivity contribution in [3.63, 3.8) is 0 Å². The maximum atomic E-state index is 13.1. The van der Waals surface area contributed by atoms with Gasteiger partial charge in [0.15, 0.2) is 0 Å². The number of hydrogen-bond acceptors (Lipinski definition) is 5. The van der Waals surface area contributed by atoms with Gasteiger partial charge in [0, 0.05) is 25.2 Å². The molecule has 150 valence electrons. The summed E-state index contributed by atoms with van der Waals surface area (Å²) in [5.41, 5.74) is 0.541. The summed E-state index contributed by atoms with van der Waals surface area (Å²) >= 11 is 0. The summed E-state index contributed by atoms with van der Waals surface area (Å²) in [6.07, 6.45) is 0. The summed E-state index contributed by atoms with van der Waals surface area (Å²) in [5, 5.41) is 3.84. The van der Waals surface area contributed by atoms with Crippen LogP contribution >= 0.6 is 0 Å². The monoisotopic (exact) mass is 388 g/mol. The summed E-state index contributed by atoms with van der Waals surface area (Å²) in [5.74, 6) is -0.734. The second-order valence-electron chi connectivity index (χ2n) is 7.73. The van der Waals surface area contributed by atoms with Crippen LogP contribution in [-0.2, 0) is 4.79 Å². The zero-order valence-corrected chi connectivity index (χ0v) is 16.7. The summed E-state index contributed by atoms with van der Waals surface area (Å²) in [6.45, 7) is 8.30. The Morgan fingerprint density at radius 3 is 2.50 bits per heavy atom. The van der Waals surface area contributed by atoms with Crippen LogP contribution in [0.4, 0.5) is 4.39 Å². The Bertz CT molecular complexity index is 865. The second-order valence-corrected chi connectivity index (χ2v) is 7.73. The van der Waals surface area contributed by atoms with Crippen LogP contribution in [0.1, 0.15) is 38.4 Å². The van der Waals surface area contributed by atoms with E-state index >= 15 is 0 Å². The van der Waals surface area contributed by atoms with Crippen LogP contribution in [0, 0.1) is 17.7 Å². The number of halogens is 1. The molecule has 2 heterocycles. The minimum absolute atomic E-state index is 0.0362. The summed E-state index contributed by atoms with van der Waals surface area (Å²) < 4.78 is 18.3. The Morgan fingerprint density at radius 2 is 1.89 bits per heavy atom. The van der Waals surface area contributed by atoms with E-state index in [1.54, 1.807) is 16.8 Å². The van der Waals surface area contributed by atoms with Crippen molar-refractivity contribution in [3.8, 4) is 11.4 Å². The van der Waals surface area contributed by atoms with Crippen LogP contribution in [0.3, 0.4) is 0 Å². The van der Waals surface area contributed by atoms with Gasteiger partial charge in [-0.05, 0) is 43.0 Å². The number of carbonyl (C=O) groups excluding carboxylic acids is 2. The molecule has 0 saturated carbocycles. The average molecular weight is 388 g/mol. The summed E-state index contributed by atoms with van der Waals surface area (Å²) in [4.78, 5) is 33.5. The van der Waals surface area contributed by atoms with Crippen LogP contribution in [0.5, 0.6) is 0 Å². The van der Waals surface area contributed by atoms with Crippen molar-refractivity contribution in [2.24, 2.45) is 11.8 Å². The highest BCUT2D eigenvalue weighted by Crippen LogP contribution is 2.28. The van der Waals surface area contributed by atoms with Crippen molar-refractivity contribution in [2.75, 3.05) is 13.6 Å². The number of benzene rings is 1. The molecule has 1 aliphatic heterocycles. The van der Waals surface area contributed by atoms with E-state index in [0.717, 1.165) is 0 Å². The third kappa shape index (κ3) is 3.63. The minimum atomic E-state index is -0.588. The van der Waals surface area contributed by atoms with E-state index in [1.807, 2.05) is 27.7 Å². The van der Waals surface area contributed by atoms with E-state index in [0.29, 0.717) is 12.1 Å². The molecule has 2 aromatic rings. The standard InChI is InChI=1S/C20H25FN4O3/c1-11(2)13(4)16-19(26)24(5)12(3)10-25(16)20(27)18-22-17(23-28-18)14-6-8-15(21)9-7-14/h6-9,11-13,16H,10H2,1-5H3. The van der Waals surface area contributed by atoms with E-state index in [2.05, 4.69) is 10.1 Å². The summed E-state index contributed by atoms with van der Waals surface area (Å²) in [6, 6.07) is 4.89. The third-order valence-electron chi connectivity index (χ3n) is 5.58. The van der Waals surface area contributed by atoms with Gasteiger partial charge < -0.3 is 14.3 Å². The van der Waals surface area contributed by atoms with Crippen molar-refractivity contribution >= 4 is 11.8 Å². The van der Waals surface area contributed by atoms with Crippen LogP contribution in [-0.4, -0.2) is 57.4 Å². The van der Waals surface area contributed by atoms with E-state index in [1.165, 1.54) is 24.3 Å². The SMILES string of the molecule is CC(C)C(C)C1C(=O)N(C)C(C)CN1C(=O)c1nc(-c2ccc(F)cc2)no1. The van der Waals surface area contributed by atoms with Crippen LogP contribution in [0.15, 0.2) is 28.8 Å². The largest absolute Gasteiger partial charge is 0.339 e. The molecule has 0 radical (unpaired) electrons. The number of nitrogens with zero attached hydrogens (tertiary/aromatic N) is 4. The molecule has 3 atom stereocenters. The van der Waals surface area contributed by atoms with Crippen molar-refractivity contribution < 1.29 is 18.5 Å². The number of piperazine rings is 1. The topological polar surface area (TPSA) is 79.5 Å². The molecule has 1 fully saturated rings. The smallest absolute Gasteiger partial charge is 0.316 e. The predicted octanol–water partition coefficient (Wildman–Crippen LogP) is 2.84. The zero-order valence-electron chi connectivity index (χ0n) is 16.7. The fourth-order valence-electron chi connectivity index (χ4n) is 3.31. The number of likely N-dealkylation sites (N-methyl/N-ethyl adjacent to an activating group) is 1. The van der Waals surface area contributed by atoms with E-state index < -0.39 is 11.9 Å². The summed E-state index contributed by atoms with van der Waals surface area (Å²) in [7, 11) is 1.76. The van der Waals surface area contributed by atoms with Gasteiger partial charge >= 0.3 is 11.8 Å². The van der Waals surface area contributed by atoms with Gasteiger partial charge in [-0.25, -0.2) is 4.39 Å². The highest BCUT2D eigenvalue weighted by Gasteiger charge is 2.44. The number of carbonyl (C=O) groups is 2. The fraction of sp³-hybridized carbons (Fsp3) is 0.500. The van der Waals surface area contributed by atoms with Crippen molar-refractivity contribution in [2.45, 2.75) is 39.8 Å². The lowest BCUT2D eigenvalue weighted by atomic mass is 9.86. The lowest BCUT2D eigenvalue weighted by molar-refractivity contribution is -0.144. The first-order chi connectivity index (χ1) is 13.2. The fourth-order valence-corrected chi connectivity index (χ4v) is 3.31. The van der Waals surface area contributed by atoms with E-state index in [9.17, 15) is 14.0 Å². The van der Waals surface area contributed by atoms with Gasteiger partial charge in [-0.15, -0.1) is 0 Å². The highest BCUT2D eigenvalue weighted by molar-refractivity contribution is 5.95. The lowest BCUT2D eigenvalue weighted by Crippen LogP contribution is -2.63. The molecule has 0 aliphatic carbocycles. The molecule has 0 bridgehead atoms. The Hall–Kier alpha value is -2.77. The molecule has 7 nitrogen and oxygen atoms in total. The number of hydrogen-bond donors (Lipinski definition) is 0. The molecule has 1 aliphatic rings. The van der Waals surface area contributed by atoms with Crippen molar-refractivity contribution in [1.82, 2.24) is 19.9 Å². The molecule has 28 heavy (non-hydrogen) atoms. The maximum absolute atomic E-state index is 13.1. The minimum Gasteiger partial charge on any atom is -0.339 e. The van der Waals surface area contributed by atoms with E-state index in [-0.39, 0.29) is 41.3 Å². The van der Waals surface area contributed by atoms with Gasteiger partial charge in [-0.3, -0.25) is 9.59 Å². The Labute approximate surface area is 163 Å². The van der Waals surface area contributed by atoms with Gasteiger partial charge in [-0.2, -0.15) is 4.98 Å². The van der Waals surface area contributed by atoms with Crippen LogP contribution in [0.25, 0.3) is 11.4 Å². The highest BCUT2D eigenvalue weighted by atomic mass is 19.1. The normalized spacial score (nSPS) is 21.3. The second kappa shape index (κ2) is 7.69. The molecule has 8 heteroatoms. The third-order valence-corrected chi connectivity index (χ3v) is 5.58. The first kappa shape index (κ1) is 20.0. The number of rotatable bonds is 4. The zero-order chi connectivity index (χ0) is 20.6. The van der Waals surface area contributed by atoms with Crippen LogP contribution < -0.4 is 0 Å². The Balaban J connectivity index is 1.90. The first-order valence-electron chi connectivity index (χ1n) is 9.38. The Morgan fingerprint density at radius 1 is 1.25 bits per heavy atom. The van der Waals surface area contributed by atoms with Crippen LogP contribution in [0.2, 0.25) is 0 Å². The van der Waals surface area contributed by atoms with Gasteiger partial charge in [0.2, 0.25) is 11.7 Å². The number of amides is 2. The molecule has 3 unspecified atom stereocenters. The molecular formula is C20H25FN4O3. The molecule has 3 rings (SSSR count). The van der Waals surface area contributed by atoms with Gasteiger partial charge in [0.05, 0.1) is 0 Å². The molecule has 2 amide bonds. The number of aromatic nitrogens is 2. The molecule has 1 aromatic heterocycles. The molecular weight excluding hydrogens is 363 g/mol. The van der Waals surface area contributed by atoms with Gasteiger partial charge in [0.1, 0.15) is 11.9 Å².